The van der Waals surface area contributed by atoms with Crippen molar-refractivity contribution in [1.82, 2.24) is 5.32 Å². The van der Waals surface area contributed by atoms with Crippen LogP contribution in [0.1, 0.15) is 35.1 Å². The number of rotatable bonds is 8. The summed E-state index contributed by atoms with van der Waals surface area (Å²) in [5.74, 6) is 1.22. The summed E-state index contributed by atoms with van der Waals surface area (Å²) >= 11 is 0. The highest BCUT2D eigenvalue weighted by atomic mass is 32.2. The minimum atomic E-state index is -3.78. The smallest absolute Gasteiger partial charge is 0.238 e. The van der Waals surface area contributed by atoms with E-state index in [0.717, 1.165) is 29.5 Å². The topological polar surface area (TPSA) is 98.5 Å². The molecule has 0 unspecified atom stereocenters. The maximum Gasteiger partial charge on any atom is 0.238 e. The number of fused-ring (bicyclic) bond motifs is 2. The molecule has 37 heavy (non-hydrogen) atoms. The molecule has 0 radical (unpaired) electrons. The monoisotopic (exact) mass is 512 g/mol. The Balaban J connectivity index is 1.49. The van der Waals surface area contributed by atoms with Crippen molar-refractivity contribution >= 4 is 15.9 Å². The number of hydrogen-bond donors (Lipinski definition) is 2. The zero-order chi connectivity index (χ0) is 25.9. The third kappa shape index (κ3) is 5.01. The second-order valence-electron chi connectivity index (χ2n) is 9.21. The molecule has 0 atom stereocenters. The van der Waals surface area contributed by atoms with Gasteiger partial charge in [-0.15, -0.1) is 0 Å². The van der Waals surface area contributed by atoms with Crippen LogP contribution in [0.3, 0.4) is 0 Å². The molecule has 4 aromatic carbocycles. The van der Waals surface area contributed by atoms with Crippen molar-refractivity contribution in [3.63, 3.8) is 0 Å². The lowest BCUT2D eigenvalue weighted by atomic mass is 9.68. The van der Waals surface area contributed by atoms with Crippen LogP contribution in [0.2, 0.25) is 0 Å². The van der Waals surface area contributed by atoms with Crippen molar-refractivity contribution in [1.29, 1.82) is 0 Å². The molecular formula is C30H28N2O4S. The fraction of sp³-hybridized carbons (Fsp3) is 0.167. The highest BCUT2D eigenvalue weighted by molar-refractivity contribution is 7.89. The molecule has 188 valence electrons. The first-order valence-corrected chi connectivity index (χ1v) is 13.7. The lowest BCUT2D eigenvalue weighted by Crippen LogP contribution is -2.46. The Labute approximate surface area is 217 Å². The van der Waals surface area contributed by atoms with Crippen molar-refractivity contribution in [2.24, 2.45) is 5.14 Å². The number of ether oxygens (including phenoxy) is 1. The zero-order valence-corrected chi connectivity index (χ0v) is 21.1. The Morgan fingerprint density at radius 1 is 0.757 bits per heavy atom. The average Bonchev–Trinajstić information content (AvgIpc) is 2.91. The van der Waals surface area contributed by atoms with Gasteiger partial charge < -0.3 is 10.1 Å². The molecule has 0 bridgehead atoms. The summed E-state index contributed by atoms with van der Waals surface area (Å²) in [5, 5.41) is 8.34. The van der Waals surface area contributed by atoms with Crippen LogP contribution >= 0.6 is 0 Å². The molecule has 0 aliphatic carbocycles. The Kier molecular flexibility index (Phi) is 6.82. The Hall–Kier alpha value is -3.94. The number of amides is 1. The largest absolute Gasteiger partial charge is 0.457 e. The van der Waals surface area contributed by atoms with E-state index in [-0.39, 0.29) is 17.3 Å². The van der Waals surface area contributed by atoms with Gasteiger partial charge in [0.1, 0.15) is 16.9 Å². The summed E-state index contributed by atoms with van der Waals surface area (Å²) in [4.78, 5) is 14.2. The Morgan fingerprint density at radius 3 is 1.92 bits per heavy atom. The number of carbonyl (C=O) groups excluding carboxylic acids is 1. The molecule has 5 rings (SSSR count). The van der Waals surface area contributed by atoms with Gasteiger partial charge in [-0.3, -0.25) is 4.79 Å². The van der Waals surface area contributed by atoms with Crippen molar-refractivity contribution in [3.05, 3.63) is 125 Å². The molecule has 1 aliphatic heterocycles. The van der Waals surface area contributed by atoms with E-state index in [0.29, 0.717) is 17.9 Å². The molecule has 0 spiro atoms. The number of hydrogen-bond acceptors (Lipinski definition) is 4. The van der Waals surface area contributed by atoms with Gasteiger partial charge in [0.25, 0.3) is 0 Å². The summed E-state index contributed by atoms with van der Waals surface area (Å²) in [6.45, 7) is 0.245. The van der Waals surface area contributed by atoms with Crippen LogP contribution in [0, 0.1) is 0 Å². The van der Waals surface area contributed by atoms with Gasteiger partial charge in [-0.2, -0.15) is 0 Å². The van der Waals surface area contributed by atoms with Gasteiger partial charge in [0.05, 0.1) is 4.90 Å². The molecular weight excluding hydrogens is 484 g/mol. The van der Waals surface area contributed by atoms with E-state index in [9.17, 15) is 13.2 Å². The van der Waals surface area contributed by atoms with E-state index in [4.69, 9.17) is 9.88 Å². The molecule has 4 aromatic rings. The van der Waals surface area contributed by atoms with E-state index in [1.807, 2.05) is 66.7 Å². The van der Waals surface area contributed by atoms with Crippen molar-refractivity contribution in [3.8, 4) is 11.5 Å². The fourth-order valence-corrected chi connectivity index (χ4v) is 5.56. The second-order valence-corrected chi connectivity index (χ2v) is 10.8. The number of nitrogens with two attached hydrogens (primary N) is 1. The minimum Gasteiger partial charge on any atom is -0.457 e. The molecule has 7 heteroatoms. The SMILES string of the molecule is NS(=O)(=O)c1ccc(CNC(=O)C2(CCCc3ccccc3)c3ccccc3Oc3ccccc32)cc1. The normalized spacial score (nSPS) is 13.6. The number of primary sulfonamides is 1. The summed E-state index contributed by atoms with van der Waals surface area (Å²) in [7, 11) is -3.78. The minimum absolute atomic E-state index is 0.0345. The maximum atomic E-state index is 14.2. The van der Waals surface area contributed by atoms with Crippen LogP contribution < -0.4 is 15.2 Å². The number of benzene rings is 4. The molecule has 1 amide bonds. The van der Waals surface area contributed by atoms with E-state index in [1.165, 1.54) is 17.7 Å². The summed E-state index contributed by atoms with van der Waals surface area (Å²) in [5.41, 5.74) is 2.73. The molecule has 0 saturated carbocycles. The summed E-state index contributed by atoms with van der Waals surface area (Å²) < 4.78 is 29.4. The quantitative estimate of drug-likeness (QED) is 0.345. The first-order valence-electron chi connectivity index (χ1n) is 12.2. The van der Waals surface area contributed by atoms with Gasteiger partial charge in [0, 0.05) is 17.7 Å². The summed E-state index contributed by atoms with van der Waals surface area (Å²) in [6.07, 6.45) is 2.23. The Morgan fingerprint density at radius 2 is 1.32 bits per heavy atom. The Bertz CT molecular complexity index is 1470. The van der Waals surface area contributed by atoms with Crippen LogP contribution in [-0.4, -0.2) is 14.3 Å². The van der Waals surface area contributed by atoms with Gasteiger partial charge in [-0.25, -0.2) is 13.6 Å². The lowest BCUT2D eigenvalue weighted by Gasteiger charge is -2.39. The molecule has 1 aliphatic rings. The number of para-hydroxylation sites is 2. The average molecular weight is 513 g/mol. The fourth-order valence-electron chi connectivity index (χ4n) is 5.04. The van der Waals surface area contributed by atoms with Gasteiger partial charge in [0.15, 0.2) is 0 Å². The highest BCUT2D eigenvalue weighted by Gasteiger charge is 2.47. The number of nitrogens with one attached hydrogen (secondary N) is 1. The van der Waals surface area contributed by atoms with Crippen LogP contribution in [0.5, 0.6) is 11.5 Å². The van der Waals surface area contributed by atoms with E-state index in [1.54, 1.807) is 12.1 Å². The number of aryl methyl sites for hydroxylation is 1. The maximum absolute atomic E-state index is 14.2. The number of sulfonamides is 1. The molecule has 6 nitrogen and oxygen atoms in total. The third-order valence-electron chi connectivity index (χ3n) is 6.87. The first kappa shape index (κ1) is 24.7. The molecule has 0 aromatic heterocycles. The lowest BCUT2D eigenvalue weighted by molar-refractivity contribution is -0.126. The zero-order valence-electron chi connectivity index (χ0n) is 20.3. The number of carbonyl (C=O) groups is 1. The molecule has 0 saturated heterocycles. The van der Waals surface area contributed by atoms with E-state index in [2.05, 4.69) is 17.4 Å². The third-order valence-corrected chi connectivity index (χ3v) is 7.80. The van der Waals surface area contributed by atoms with Gasteiger partial charge in [-0.1, -0.05) is 78.9 Å². The first-order chi connectivity index (χ1) is 17.9. The predicted molar refractivity (Wildman–Crippen MR) is 143 cm³/mol. The predicted octanol–water partition coefficient (Wildman–Crippen LogP) is 5.07. The second kappa shape index (κ2) is 10.2. The van der Waals surface area contributed by atoms with E-state index < -0.39 is 15.4 Å². The highest BCUT2D eigenvalue weighted by Crippen LogP contribution is 2.50. The van der Waals surface area contributed by atoms with Gasteiger partial charge in [0.2, 0.25) is 15.9 Å². The molecule has 3 N–H and O–H groups in total. The summed E-state index contributed by atoms with van der Waals surface area (Å²) in [6, 6.07) is 31.9. The van der Waals surface area contributed by atoms with E-state index >= 15 is 0 Å². The van der Waals surface area contributed by atoms with Crippen molar-refractivity contribution in [2.45, 2.75) is 36.1 Å². The van der Waals surface area contributed by atoms with Crippen molar-refractivity contribution in [2.75, 3.05) is 0 Å². The molecule has 0 fully saturated rings. The van der Waals surface area contributed by atoms with Crippen LogP contribution in [0.4, 0.5) is 0 Å². The standard InChI is InChI=1S/C30H28N2O4S/c31-37(34,35)24-18-16-23(17-19-24)21-32-29(33)30(20-8-11-22-9-2-1-3-10-22)25-12-4-6-14-27(25)36-28-15-7-5-13-26(28)30/h1-7,9-10,12-19H,8,11,20-21H2,(H,32,33)(H2,31,34,35). The molecule has 1 heterocycles. The van der Waals surface area contributed by atoms with Crippen LogP contribution in [0.25, 0.3) is 0 Å². The van der Waals surface area contributed by atoms with Crippen LogP contribution in [0.15, 0.2) is 108 Å². The van der Waals surface area contributed by atoms with Crippen LogP contribution in [-0.2, 0) is 33.2 Å². The van der Waals surface area contributed by atoms with Gasteiger partial charge >= 0.3 is 0 Å². The van der Waals surface area contributed by atoms with Gasteiger partial charge in [-0.05, 0) is 54.7 Å². The van der Waals surface area contributed by atoms with Crippen molar-refractivity contribution < 1.29 is 17.9 Å².